The van der Waals surface area contributed by atoms with Gasteiger partial charge >= 0.3 is 0 Å². The van der Waals surface area contributed by atoms with Crippen molar-refractivity contribution in [3.8, 4) is 0 Å². The average molecular weight is 241 g/mol. The van der Waals surface area contributed by atoms with E-state index in [1.54, 1.807) is 6.20 Å². The topological polar surface area (TPSA) is 89.9 Å². The van der Waals surface area contributed by atoms with Crippen LogP contribution in [0.1, 0.15) is 5.82 Å². The molecule has 0 aliphatic heterocycles. The summed E-state index contributed by atoms with van der Waals surface area (Å²) in [6.45, 7) is 0.465. The van der Waals surface area contributed by atoms with Gasteiger partial charge in [-0.05, 0) is 24.3 Å². The van der Waals surface area contributed by atoms with Crippen molar-refractivity contribution in [2.24, 2.45) is 0 Å². The van der Waals surface area contributed by atoms with Crippen molar-refractivity contribution in [1.82, 2.24) is 15.1 Å². The van der Waals surface area contributed by atoms with E-state index in [2.05, 4.69) is 25.0 Å². The lowest BCUT2D eigenvalue weighted by molar-refractivity contribution is 0.411. The van der Waals surface area contributed by atoms with Crippen molar-refractivity contribution >= 4 is 22.3 Å². The fourth-order valence-electron chi connectivity index (χ4n) is 1.77. The Balaban J connectivity index is 1.90. The van der Waals surface area contributed by atoms with Crippen molar-refractivity contribution in [3.63, 3.8) is 0 Å². The minimum Gasteiger partial charge on any atom is -0.397 e. The van der Waals surface area contributed by atoms with Crippen LogP contribution < -0.4 is 11.1 Å². The second-order valence-corrected chi connectivity index (χ2v) is 3.80. The summed E-state index contributed by atoms with van der Waals surface area (Å²) in [4.78, 5) is 8.18. The fourth-order valence-corrected chi connectivity index (χ4v) is 1.77. The summed E-state index contributed by atoms with van der Waals surface area (Å²) in [5, 5.41) is 7.82. The van der Waals surface area contributed by atoms with Gasteiger partial charge in [0, 0.05) is 11.6 Å². The van der Waals surface area contributed by atoms with Crippen LogP contribution >= 0.6 is 0 Å². The second kappa shape index (κ2) is 4.33. The highest BCUT2D eigenvalue weighted by atomic mass is 16.5. The van der Waals surface area contributed by atoms with Gasteiger partial charge in [-0.2, -0.15) is 4.98 Å². The van der Waals surface area contributed by atoms with Gasteiger partial charge < -0.3 is 15.6 Å². The molecule has 0 unspecified atom stereocenters. The highest BCUT2D eigenvalue weighted by Crippen LogP contribution is 2.27. The van der Waals surface area contributed by atoms with Crippen molar-refractivity contribution in [1.29, 1.82) is 0 Å². The lowest BCUT2D eigenvalue weighted by Gasteiger charge is -2.09. The summed E-state index contributed by atoms with van der Waals surface area (Å²) >= 11 is 0. The van der Waals surface area contributed by atoms with Gasteiger partial charge in [0.15, 0.2) is 5.82 Å². The molecule has 0 saturated carbocycles. The molecule has 0 fully saturated rings. The smallest absolute Gasteiger partial charge is 0.213 e. The minimum atomic E-state index is 0.465. The Morgan fingerprint density at radius 2 is 2.17 bits per heavy atom. The van der Waals surface area contributed by atoms with E-state index in [-0.39, 0.29) is 0 Å². The van der Waals surface area contributed by atoms with Crippen LogP contribution in [-0.4, -0.2) is 15.1 Å². The summed E-state index contributed by atoms with van der Waals surface area (Å²) in [6, 6.07) is 7.62. The number of benzene rings is 1. The monoisotopic (exact) mass is 241 g/mol. The number of aromatic nitrogens is 3. The van der Waals surface area contributed by atoms with Crippen LogP contribution in [-0.2, 0) is 6.54 Å². The van der Waals surface area contributed by atoms with E-state index in [4.69, 9.17) is 5.73 Å². The molecule has 2 heterocycles. The van der Waals surface area contributed by atoms with Gasteiger partial charge in [-0.3, -0.25) is 4.98 Å². The Hall–Kier alpha value is -2.63. The number of rotatable bonds is 3. The highest BCUT2D eigenvalue weighted by Gasteiger charge is 2.05. The van der Waals surface area contributed by atoms with Crippen LogP contribution in [0.25, 0.3) is 10.9 Å². The van der Waals surface area contributed by atoms with Crippen LogP contribution in [0, 0.1) is 0 Å². The van der Waals surface area contributed by atoms with Crippen LogP contribution in [0.5, 0.6) is 0 Å². The molecule has 6 heteroatoms. The SMILES string of the molecule is Nc1c(NCc2ncon2)ccc2ncccc12. The molecule has 0 aliphatic carbocycles. The predicted octanol–water partition coefficient (Wildman–Crippen LogP) is 1.81. The Bertz CT molecular complexity index is 665. The molecule has 3 N–H and O–H groups in total. The van der Waals surface area contributed by atoms with Gasteiger partial charge in [-0.1, -0.05) is 5.16 Å². The molecule has 0 aliphatic rings. The minimum absolute atomic E-state index is 0.465. The Labute approximate surface area is 103 Å². The number of pyridine rings is 1. The number of nitrogen functional groups attached to an aromatic ring is 1. The van der Waals surface area contributed by atoms with E-state index in [1.807, 2.05) is 24.3 Å². The molecule has 0 radical (unpaired) electrons. The van der Waals surface area contributed by atoms with Crippen molar-refractivity contribution in [2.75, 3.05) is 11.1 Å². The summed E-state index contributed by atoms with van der Waals surface area (Å²) in [5.74, 6) is 0.584. The molecule has 0 saturated heterocycles. The first-order valence-electron chi connectivity index (χ1n) is 5.47. The van der Waals surface area contributed by atoms with Crippen molar-refractivity contribution in [3.05, 3.63) is 42.7 Å². The third-order valence-electron chi connectivity index (χ3n) is 2.67. The molecule has 0 amide bonds. The normalized spacial score (nSPS) is 10.7. The first-order valence-corrected chi connectivity index (χ1v) is 5.47. The third kappa shape index (κ3) is 1.84. The maximum atomic E-state index is 6.09. The number of nitrogens with one attached hydrogen (secondary N) is 1. The van der Waals surface area contributed by atoms with E-state index in [0.717, 1.165) is 16.6 Å². The maximum absolute atomic E-state index is 6.09. The zero-order valence-corrected chi connectivity index (χ0v) is 9.50. The van der Waals surface area contributed by atoms with Gasteiger partial charge in [0.05, 0.1) is 23.4 Å². The molecule has 2 aromatic heterocycles. The molecular weight excluding hydrogens is 230 g/mol. The van der Waals surface area contributed by atoms with Crippen LogP contribution in [0.3, 0.4) is 0 Å². The number of anilines is 2. The molecule has 3 aromatic rings. The number of fused-ring (bicyclic) bond motifs is 1. The largest absolute Gasteiger partial charge is 0.397 e. The summed E-state index contributed by atoms with van der Waals surface area (Å²) in [5.41, 5.74) is 8.47. The highest BCUT2D eigenvalue weighted by molar-refractivity contribution is 5.96. The lowest BCUT2D eigenvalue weighted by Crippen LogP contribution is -2.04. The molecule has 90 valence electrons. The van der Waals surface area contributed by atoms with Gasteiger partial charge in [0.25, 0.3) is 0 Å². The first kappa shape index (κ1) is 10.5. The molecule has 18 heavy (non-hydrogen) atoms. The van der Waals surface area contributed by atoms with Crippen LogP contribution in [0.4, 0.5) is 11.4 Å². The molecule has 3 rings (SSSR count). The molecule has 1 aromatic carbocycles. The van der Waals surface area contributed by atoms with E-state index >= 15 is 0 Å². The number of hydrogen-bond donors (Lipinski definition) is 2. The predicted molar refractivity (Wildman–Crippen MR) is 67.8 cm³/mol. The molecular formula is C12H11N5O. The molecule has 0 bridgehead atoms. The standard InChI is InChI=1S/C12H11N5O/c13-12-8-2-1-5-14-9(8)3-4-10(12)15-6-11-16-7-18-17-11/h1-5,7,15H,6,13H2. The van der Waals surface area contributed by atoms with Gasteiger partial charge in [0.2, 0.25) is 6.39 Å². The van der Waals surface area contributed by atoms with Crippen LogP contribution in [0.2, 0.25) is 0 Å². The Morgan fingerprint density at radius 3 is 3.00 bits per heavy atom. The molecule has 6 nitrogen and oxygen atoms in total. The first-order chi connectivity index (χ1) is 8.84. The number of hydrogen-bond acceptors (Lipinski definition) is 6. The zero-order valence-electron chi connectivity index (χ0n) is 9.50. The van der Waals surface area contributed by atoms with E-state index in [0.29, 0.717) is 18.1 Å². The Kier molecular flexibility index (Phi) is 2.53. The van der Waals surface area contributed by atoms with Gasteiger partial charge in [-0.15, -0.1) is 0 Å². The molecule has 0 spiro atoms. The summed E-state index contributed by atoms with van der Waals surface area (Å²) in [7, 11) is 0. The Morgan fingerprint density at radius 1 is 1.22 bits per heavy atom. The average Bonchev–Trinajstić information content (AvgIpc) is 2.91. The number of nitrogens with two attached hydrogens (primary N) is 1. The van der Waals surface area contributed by atoms with E-state index in [1.165, 1.54) is 6.39 Å². The third-order valence-corrected chi connectivity index (χ3v) is 2.67. The fraction of sp³-hybridized carbons (Fsp3) is 0.0833. The zero-order chi connectivity index (χ0) is 12.4. The van der Waals surface area contributed by atoms with Crippen molar-refractivity contribution in [2.45, 2.75) is 6.54 Å². The van der Waals surface area contributed by atoms with Crippen LogP contribution in [0.15, 0.2) is 41.4 Å². The summed E-state index contributed by atoms with van der Waals surface area (Å²) < 4.78 is 4.66. The number of nitrogens with zero attached hydrogens (tertiary/aromatic N) is 3. The lowest BCUT2D eigenvalue weighted by atomic mass is 10.1. The van der Waals surface area contributed by atoms with Gasteiger partial charge in [0.1, 0.15) is 0 Å². The van der Waals surface area contributed by atoms with Crippen molar-refractivity contribution < 1.29 is 4.52 Å². The van der Waals surface area contributed by atoms with Gasteiger partial charge in [-0.25, -0.2) is 0 Å². The van der Waals surface area contributed by atoms with E-state index < -0.39 is 0 Å². The summed E-state index contributed by atoms with van der Waals surface area (Å²) in [6.07, 6.45) is 3.04. The maximum Gasteiger partial charge on any atom is 0.213 e. The second-order valence-electron chi connectivity index (χ2n) is 3.80. The quantitative estimate of drug-likeness (QED) is 0.680. The van der Waals surface area contributed by atoms with E-state index in [9.17, 15) is 0 Å². The molecule has 0 atom stereocenters.